The van der Waals surface area contributed by atoms with Gasteiger partial charge in [0.25, 0.3) is 0 Å². The molecule has 0 aliphatic rings. The number of amides is 2. The van der Waals surface area contributed by atoms with Crippen molar-refractivity contribution in [3.8, 4) is 5.75 Å². The maximum atomic E-state index is 11.7. The normalized spacial score (nSPS) is 10.2. The SMILES string of the molecule is O=C(NCCc1ccc(Br)cc1)NCOc1ccc(Cl)cc1Cl. The Hall–Kier alpha value is -1.43. The summed E-state index contributed by atoms with van der Waals surface area (Å²) in [5.41, 5.74) is 1.15. The number of urea groups is 1. The molecule has 122 valence electrons. The lowest BCUT2D eigenvalue weighted by Crippen LogP contribution is -2.38. The first-order valence-electron chi connectivity index (χ1n) is 6.88. The third-order valence-electron chi connectivity index (χ3n) is 2.97. The fourth-order valence-corrected chi connectivity index (χ4v) is 2.53. The summed E-state index contributed by atoms with van der Waals surface area (Å²) in [7, 11) is 0. The van der Waals surface area contributed by atoms with Crippen LogP contribution in [-0.2, 0) is 6.42 Å². The molecule has 2 aromatic carbocycles. The molecule has 7 heteroatoms. The molecule has 0 saturated heterocycles. The molecule has 0 radical (unpaired) electrons. The number of halogens is 3. The van der Waals surface area contributed by atoms with Gasteiger partial charge in [-0.05, 0) is 42.3 Å². The summed E-state index contributed by atoms with van der Waals surface area (Å²) in [4.78, 5) is 11.7. The summed E-state index contributed by atoms with van der Waals surface area (Å²) in [6.07, 6.45) is 0.755. The van der Waals surface area contributed by atoms with E-state index in [9.17, 15) is 4.79 Å². The molecule has 0 bridgehead atoms. The van der Waals surface area contributed by atoms with E-state index in [1.807, 2.05) is 24.3 Å². The van der Waals surface area contributed by atoms with Crippen molar-refractivity contribution < 1.29 is 9.53 Å². The van der Waals surface area contributed by atoms with Gasteiger partial charge in [-0.2, -0.15) is 0 Å². The Morgan fingerprint density at radius 3 is 2.52 bits per heavy atom. The Labute approximate surface area is 153 Å². The molecule has 23 heavy (non-hydrogen) atoms. The predicted molar refractivity (Wildman–Crippen MR) is 96.3 cm³/mol. The van der Waals surface area contributed by atoms with Gasteiger partial charge >= 0.3 is 6.03 Å². The molecule has 4 nitrogen and oxygen atoms in total. The first kappa shape index (κ1) is 17.9. The minimum Gasteiger partial charge on any atom is -0.472 e. The third kappa shape index (κ3) is 6.29. The highest BCUT2D eigenvalue weighted by Gasteiger charge is 2.04. The fraction of sp³-hybridized carbons (Fsp3) is 0.188. The van der Waals surface area contributed by atoms with Crippen molar-refractivity contribution in [1.82, 2.24) is 10.6 Å². The number of rotatable bonds is 6. The molecule has 2 amide bonds. The molecular formula is C16H15BrCl2N2O2. The van der Waals surface area contributed by atoms with Crippen molar-refractivity contribution >= 4 is 45.2 Å². The Kier molecular flexibility index (Phi) is 7.02. The second kappa shape index (κ2) is 9.01. The number of hydrogen-bond donors (Lipinski definition) is 2. The molecule has 0 unspecified atom stereocenters. The van der Waals surface area contributed by atoms with Crippen molar-refractivity contribution in [2.75, 3.05) is 13.3 Å². The van der Waals surface area contributed by atoms with Gasteiger partial charge in [-0.1, -0.05) is 51.3 Å². The second-order valence-electron chi connectivity index (χ2n) is 4.67. The molecule has 2 aromatic rings. The largest absolute Gasteiger partial charge is 0.472 e. The summed E-state index contributed by atoms with van der Waals surface area (Å²) in [6, 6.07) is 12.6. The van der Waals surface area contributed by atoms with Gasteiger partial charge in [0.05, 0.1) is 5.02 Å². The fourth-order valence-electron chi connectivity index (χ4n) is 1.81. The molecule has 2 N–H and O–H groups in total. The zero-order chi connectivity index (χ0) is 16.7. The summed E-state index contributed by atoms with van der Waals surface area (Å²) >= 11 is 15.1. The summed E-state index contributed by atoms with van der Waals surface area (Å²) < 4.78 is 6.40. The minimum atomic E-state index is -0.299. The Balaban J connectivity index is 1.66. The molecular weight excluding hydrogens is 403 g/mol. The molecule has 0 aliphatic carbocycles. The van der Waals surface area contributed by atoms with Crippen molar-refractivity contribution in [3.63, 3.8) is 0 Å². The van der Waals surface area contributed by atoms with E-state index in [1.54, 1.807) is 18.2 Å². The van der Waals surface area contributed by atoms with Gasteiger partial charge in [0.1, 0.15) is 5.75 Å². The van der Waals surface area contributed by atoms with Crippen molar-refractivity contribution in [2.45, 2.75) is 6.42 Å². The van der Waals surface area contributed by atoms with Gasteiger partial charge in [0, 0.05) is 16.0 Å². The molecule has 0 aromatic heterocycles. The van der Waals surface area contributed by atoms with E-state index in [4.69, 9.17) is 27.9 Å². The van der Waals surface area contributed by atoms with E-state index in [-0.39, 0.29) is 12.8 Å². The van der Waals surface area contributed by atoms with Crippen LogP contribution < -0.4 is 15.4 Å². The van der Waals surface area contributed by atoms with Crippen molar-refractivity contribution in [1.29, 1.82) is 0 Å². The number of carbonyl (C=O) groups is 1. The maximum absolute atomic E-state index is 11.7. The van der Waals surface area contributed by atoms with Crippen LogP contribution in [0.1, 0.15) is 5.56 Å². The zero-order valence-corrected chi connectivity index (χ0v) is 15.2. The molecule has 0 aliphatic heterocycles. The molecule has 0 spiro atoms. The smallest absolute Gasteiger partial charge is 0.317 e. The van der Waals surface area contributed by atoms with E-state index in [2.05, 4.69) is 26.6 Å². The first-order valence-corrected chi connectivity index (χ1v) is 8.43. The van der Waals surface area contributed by atoms with Crippen LogP contribution >= 0.6 is 39.1 Å². The summed E-state index contributed by atoms with van der Waals surface area (Å²) in [5, 5.41) is 6.28. The number of benzene rings is 2. The van der Waals surface area contributed by atoms with Gasteiger partial charge in [0.2, 0.25) is 0 Å². The lowest BCUT2D eigenvalue weighted by molar-refractivity contribution is 0.224. The number of ether oxygens (including phenoxy) is 1. The predicted octanol–water partition coefficient (Wildman–Crippen LogP) is 4.63. The van der Waals surface area contributed by atoms with Crippen LogP contribution in [0.3, 0.4) is 0 Å². The van der Waals surface area contributed by atoms with Crippen molar-refractivity contribution in [2.24, 2.45) is 0 Å². The topological polar surface area (TPSA) is 50.4 Å². The maximum Gasteiger partial charge on any atom is 0.317 e. The molecule has 2 rings (SSSR count). The number of hydrogen-bond acceptors (Lipinski definition) is 2. The van der Waals surface area contributed by atoms with Gasteiger partial charge in [-0.3, -0.25) is 0 Å². The van der Waals surface area contributed by atoms with Crippen LogP contribution in [0.15, 0.2) is 46.9 Å². The Morgan fingerprint density at radius 2 is 1.83 bits per heavy atom. The quantitative estimate of drug-likeness (QED) is 0.673. The summed E-state index contributed by atoms with van der Waals surface area (Å²) in [5.74, 6) is 0.464. The van der Waals surface area contributed by atoms with Crippen LogP contribution in [0.2, 0.25) is 10.0 Å². The van der Waals surface area contributed by atoms with Gasteiger partial charge in [-0.15, -0.1) is 0 Å². The number of nitrogens with one attached hydrogen (secondary N) is 2. The van der Waals surface area contributed by atoms with Crippen LogP contribution in [0.25, 0.3) is 0 Å². The highest BCUT2D eigenvalue weighted by atomic mass is 79.9. The average Bonchev–Trinajstić information content (AvgIpc) is 2.51. The van der Waals surface area contributed by atoms with Crippen LogP contribution in [0.5, 0.6) is 5.75 Å². The monoisotopic (exact) mass is 416 g/mol. The van der Waals surface area contributed by atoms with E-state index < -0.39 is 0 Å². The van der Waals surface area contributed by atoms with E-state index in [1.165, 1.54) is 0 Å². The van der Waals surface area contributed by atoms with Crippen LogP contribution in [0.4, 0.5) is 4.79 Å². The highest BCUT2D eigenvalue weighted by Crippen LogP contribution is 2.27. The highest BCUT2D eigenvalue weighted by molar-refractivity contribution is 9.10. The van der Waals surface area contributed by atoms with Gasteiger partial charge in [-0.25, -0.2) is 4.79 Å². The lowest BCUT2D eigenvalue weighted by atomic mass is 10.1. The Morgan fingerprint density at radius 1 is 1.09 bits per heavy atom. The Bertz CT molecular complexity index is 666. The van der Waals surface area contributed by atoms with Crippen LogP contribution in [0, 0.1) is 0 Å². The molecule has 0 atom stereocenters. The summed E-state index contributed by atoms with van der Waals surface area (Å²) in [6.45, 7) is 0.556. The van der Waals surface area contributed by atoms with Crippen molar-refractivity contribution in [3.05, 3.63) is 62.5 Å². The third-order valence-corrected chi connectivity index (χ3v) is 4.03. The zero-order valence-electron chi connectivity index (χ0n) is 12.1. The van der Waals surface area contributed by atoms with E-state index in [0.29, 0.717) is 22.3 Å². The van der Waals surface area contributed by atoms with E-state index >= 15 is 0 Å². The van der Waals surface area contributed by atoms with E-state index in [0.717, 1.165) is 16.5 Å². The first-order chi connectivity index (χ1) is 11.0. The second-order valence-corrected chi connectivity index (χ2v) is 6.43. The van der Waals surface area contributed by atoms with Gasteiger partial charge < -0.3 is 15.4 Å². The molecule has 0 fully saturated rings. The van der Waals surface area contributed by atoms with Crippen LogP contribution in [-0.4, -0.2) is 19.3 Å². The number of carbonyl (C=O) groups excluding carboxylic acids is 1. The standard InChI is InChI=1S/C16H15BrCl2N2O2/c17-12-3-1-11(2-4-12)7-8-20-16(22)21-10-23-15-6-5-13(18)9-14(15)19/h1-6,9H,7-8,10H2,(H2,20,21,22). The minimum absolute atomic E-state index is 0.0193. The molecule has 0 heterocycles. The average molecular weight is 418 g/mol. The van der Waals surface area contributed by atoms with Gasteiger partial charge in [0.15, 0.2) is 6.73 Å². The lowest BCUT2D eigenvalue weighted by Gasteiger charge is -2.10. The molecule has 0 saturated carbocycles.